The van der Waals surface area contributed by atoms with Gasteiger partial charge in [-0.2, -0.15) is 0 Å². The second kappa shape index (κ2) is 5.38. The molecule has 0 heterocycles. The summed E-state index contributed by atoms with van der Waals surface area (Å²) in [7, 11) is 0. The van der Waals surface area contributed by atoms with E-state index in [1.807, 2.05) is 37.3 Å². The van der Waals surface area contributed by atoms with Crippen molar-refractivity contribution < 1.29 is 14.4 Å². The van der Waals surface area contributed by atoms with Gasteiger partial charge in [-0.1, -0.05) is 61.5 Å². The van der Waals surface area contributed by atoms with Crippen LogP contribution in [0.5, 0.6) is 0 Å². The minimum atomic E-state index is -0.354. The number of fused-ring (bicyclic) bond motifs is 1. The standard InChI is InChI=1S/C21H16O3/c1-12-17(22)11-16-19(18(12)13-7-3-2-4-8-13)21(24)15-10-6-5-9-14(15)20(16)23/h2-10,12,18H,11H2,1H3. The first-order valence-corrected chi connectivity index (χ1v) is 8.08. The molecule has 0 fully saturated rings. The highest BCUT2D eigenvalue weighted by Gasteiger charge is 2.44. The fraction of sp³-hybridized carbons (Fsp3) is 0.190. The van der Waals surface area contributed by atoms with Crippen LogP contribution < -0.4 is 0 Å². The monoisotopic (exact) mass is 316 g/mol. The van der Waals surface area contributed by atoms with Crippen molar-refractivity contribution in [3.05, 3.63) is 82.4 Å². The van der Waals surface area contributed by atoms with Crippen molar-refractivity contribution in [2.75, 3.05) is 0 Å². The van der Waals surface area contributed by atoms with Gasteiger partial charge in [-0.15, -0.1) is 0 Å². The molecule has 2 aromatic carbocycles. The van der Waals surface area contributed by atoms with E-state index < -0.39 is 0 Å². The molecule has 2 aromatic rings. The van der Waals surface area contributed by atoms with Gasteiger partial charge in [0.2, 0.25) is 0 Å². The fourth-order valence-electron chi connectivity index (χ4n) is 3.84. The molecular formula is C21H16O3. The molecular weight excluding hydrogens is 300 g/mol. The van der Waals surface area contributed by atoms with Crippen LogP contribution in [0.2, 0.25) is 0 Å². The lowest BCUT2D eigenvalue weighted by Gasteiger charge is -2.34. The summed E-state index contributed by atoms with van der Waals surface area (Å²) in [5, 5.41) is 0. The second-order valence-corrected chi connectivity index (χ2v) is 6.42. The lowest BCUT2D eigenvalue weighted by Crippen LogP contribution is -2.36. The van der Waals surface area contributed by atoms with Gasteiger partial charge in [-0.05, 0) is 5.56 Å². The Labute approximate surface area is 140 Å². The van der Waals surface area contributed by atoms with E-state index in [1.165, 1.54) is 0 Å². The first-order chi connectivity index (χ1) is 11.6. The van der Waals surface area contributed by atoms with Crippen LogP contribution >= 0.6 is 0 Å². The van der Waals surface area contributed by atoms with Crippen LogP contribution in [0.3, 0.4) is 0 Å². The van der Waals surface area contributed by atoms with Gasteiger partial charge in [0.15, 0.2) is 11.6 Å². The molecule has 0 aromatic heterocycles. The zero-order valence-electron chi connectivity index (χ0n) is 13.3. The molecule has 0 N–H and O–H groups in total. The van der Waals surface area contributed by atoms with E-state index in [0.29, 0.717) is 22.3 Å². The number of carbonyl (C=O) groups is 3. The van der Waals surface area contributed by atoms with Gasteiger partial charge in [-0.3, -0.25) is 14.4 Å². The van der Waals surface area contributed by atoms with Gasteiger partial charge in [0.25, 0.3) is 0 Å². The molecule has 0 spiro atoms. The van der Waals surface area contributed by atoms with Crippen LogP contribution in [0.25, 0.3) is 0 Å². The first-order valence-electron chi connectivity index (χ1n) is 8.08. The Morgan fingerprint density at radius 3 is 2.04 bits per heavy atom. The first kappa shape index (κ1) is 14.8. The number of Topliss-reactive ketones (excluding diaryl/α,β-unsaturated/α-hetero) is 3. The molecule has 2 atom stereocenters. The number of rotatable bonds is 1. The molecule has 0 radical (unpaired) electrons. The molecule has 0 saturated heterocycles. The Morgan fingerprint density at radius 1 is 0.792 bits per heavy atom. The number of benzene rings is 2. The van der Waals surface area contributed by atoms with E-state index in [9.17, 15) is 14.4 Å². The predicted molar refractivity (Wildman–Crippen MR) is 90.1 cm³/mol. The Balaban J connectivity index is 1.96. The highest BCUT2D eigenvalue weighted by Crippen LogP contribution is 2.44. The van der Waals surface area contributed by atoms with Crippen LogP contribution in [0, 0.1) is 5.92 Å². The van der Waals surface area contributed by atoms with Gasteiger partial charge in [0.05, 0.1) is 0 Å². The number of allylic oxidation sites excluding steroid dienone is 2. The molecule has 2 unspecified atom stereocenters. The fourth-order valence-corrected chi connectivity index (χ4v) is 3.84. The van der Waals surface area contributed by atoms with E-state index in [1.54, 1.807) is 24.3 Å². The van der Waals surface area contributed by atoms with Crippen LogP contribution in [0.4, 0.5) is 0 Å². The zero-order valence-corrected chi connectivity index (χ0v) is 13.3. The largest absolute Gasteiger partial charge is 0.299 e. The van der Waals surface area contributed by atoms with Crippen molar-refractivity contribution >= 4 is 17.3 Å². The minimum absolute atomic E-state index is 0.0168. The molecule has 0 saturated carbocycles. The van der Waals surface area contributed by atoms with Gasteiger partial charge in [0, 0.05) is 40.5 Å². The van der Waals surface area contributed by atoms with Crippen LogP contribution in [-0.2, 0) is 4.79 Å². The maximum atomic E-state index is 13.1. The van der Waals surface area contributed by atoms with Gasteiger partial charge >= 0.3 is 0 Å². The quantitative estimate of drug-likeness (QED) is 0.805. The maximum Gasteiger partial charge on any atom is 0.190 e. The summed E-state index contributed by atoms with van der Waals surface area (Å²) >= 11 is 0. The molecule has 0 bridgehead atoms. The second-order valence-electron chi connectivity index (χ2n) is 6.42. The molecule has 118 valence electrons. The van der Waals surface area contributed by atoms with Crippen molar-refractivity contribution in [2.24, 2.45) is 5.92 Å². The zero-order chi connectivity index (χ0) is 16.8. The summed E-state index contributed by atoms with van der Waals surface area (Å²) in [4.78, 5) is 38.5. The van der Waals surface area contributed by atoms with Crippen molar-refractivity contribution in [1.29, 1.82) is 0 Å². The number of carbonyl (C=O) groups excluding carboxylic acids is 3. The Kier molecular flexibility index (Phi) is 3.31. The van der Waals surface area contributed by atoms with Crippen LogP contribution in [-0.4, -0.2) is 17.3 Å². The van der Waals surface area contributed by atoms with Gasteiger partial charge < -0.3 is 0 Å². The van der Waals surface area contributed by atoms with Crippen molar-refractivity contribution in [1.82, 2.24) is 0 Å². The summed E-state index contributed by atoms with van der Waals surface area (Å²) in [6.07, 6.45) is 0.0543. The summed E-state index contributed by atoms with van der Waals surface area (Å²) in [5.74, 6) is -0.946. The lowest BCUT2D eigenvalue weighted by atomic mass is 9.66. The average molecular weight is 316 g/mol. The molecule has 3 nitrogen and oxygen atoms in total. The summed E-state index contributed by atoms with van der Waals surface area (Å²) in [6.45, 7) is 1.85. The smallest absolute Gasteiger partial charge is 0.190 e. The van der Waals surface area contributed by atoms with Gasteiger partial charge in [0.1, 0.15) is 5.78 Å². The van der Waals surface area contributed by atoms with E-state index in [2.05, 4.69) is 0 Å². The summed E-state index contributed by atoms with van der Waals surface area (Å²) < 4.78 is 0. The van der Waals surface area contributed by atoms with E-state index in [0.717, 1.165) is 5.56 Å². The third-order valence-corrected chi connectivity index (χ3v) is 5.09. The van der Waals surface area contributed by atoms with Crippen LogP contribution in [0.1, 0.15) is 45.5 Å². The van der Waals surface area contributed by atoms with E-state index in [4.69, 9.17) is 0 Å². The number of hydrogen-bond donors (Lipinski definition) is 0. The van der Waals surface area contributed by atoms with Crippen molar-refractivity contribution in [2.45, 2.75) is 19.3 Å². The van der Waals surface area contributed by atoms with E-state index >= 15 is 0 Å². The Hall–Kier alpha value is -2.81. The molecule has 2 aliphatic carbocycles. The average Bonchev–Trinajstić information content (AvgIpc) is 2.62. The highest BCUT2D eigenvalue weighted by atomic mass is 16.1. The van der Waals surface area contributed by atoms with E-state index in [-0.39, 0.29) is 35.6 Å². The minimum Gasteiger partial charge on any atom is -0.299 e. The van der Waals surface area contributed by atoms with Crippen molar-refractivity contribution in [3.63, 3.8) is 0 Å². The normalized spacial score (nSPS) is 23.1. The molecule has 3 heteroatoms. The summed E-state index contributed by atoms with van der Waals surface area (Å²) in [6, 6.07) is 16.4. The molecule has 24 heavy (non-hydrogen) atoms. The molecule has 0 amide bonds. The SMILES string of the molecule is CC1C(=O)CC2=C(C(=O)c3ccccc3C2=O)C1c1ccccc1. The third-order valence-electron chi connectivity index (χ3n) is 5.09. The molecule has 0 aliphatic heterocycles. The molecule has 4 rings (SSSR count). The third kappa shape index (κ3) is 2.01. The van der Waals surface area contributed by atoms with Crippen LogP contribution in [0.15, 0.2) is 65.7 Å². The number of hydrogen-bond acceptors (Lipinski definition) is 3. The maximum absolute atomic E-state index is 13.1. The predicted octanol–water partition coefficient (Wildman–Crippen LogP) is 3.75. The lowest BCUT2D eigenvalue weighted by molar-refractivity contribution is -0.122. The Morgan fingerprint density at radius 2 is 1.38 bits per heavy atom. The number of ketones is 3. The Bertz CT molecular complexity index is 906. The van der Waals surface area contributed by atoms with Gasteiger partial charge in [-0.25, -0.2) is 0 Å². The topological polar surface area (TPSA) is 51.2 Å². The molecule has 2 aliphatic rings. The highest BCUT2D eigenvalue weighted by molar-refractivity contribution is 6.29. The van der Waals surface area contributed by atoms with Crippen molar-refractivity contribution in [3.8, 4) is 0 Å². The summed E-state index contributed by atoms with van der Waals surface area (Å²) in [5.41, 5.74) is 2.66.